The first-order valence-electron chi connectivity index (χ1n) is 6.58. The third kappa shape index (κ3) is 3.17. The van der Waals surface area contributed by atoms with Crippen LogP contribution in [0.15, 0.2) is 18.2 Å². The molecule has 0 aromatic heterocycles. The Morgan fingerprint density at radius 3 is 2.70 bits per heavy atom. The molecule has 5 heteroatoms. The second kappa shape index (κ2) is 5.25. The van der Waals surface area contributed by atoms with E-state index in [0.717, 1.165) is 5.56 Å². The van der Waals surface area contributed by atoms with Gasteiger partial charge < -0.3 is 14.7 Å². The number of carbonyl (C=O) groups excluding carboxylic acids is 1. The summed E-state index contributed by atoms with van der Waals surface area (Å²) in [6.07, 6.45) is 0.324. The van der Waals surface area contributed by atoms with Crippen molar-refractivity contribution in [1.29, 1.82) is 0 Å². The van der Waals surface area contributed by atoms with Crippen LogP contribution in [0.4, 0.5) is 5.69 Å². The van der Waals surface area contributed by atoms with Crippen LogP contribution < -0.4 is 4.90 Å². The number of carboxylic acids is 1. The quantitative estimate of drug-likeness (QED) is 0.915. The first-order valence-corrected chi connectivity index (χ1v) is 6.58. The molecule has 1 aromatic carbocycles. The highest BCUT2D eigenvalue weighted by Crippen LogP contribution is 2.29. The zero-order valence-corrected chi connectivity index (χ0v) is 12.0. The van der Waals surface area contributed by atoms with Gasteiger partial charge in [-0.15, -0.1) is 0 Å². The van der Waals surface area contributed by atoms with Crippen LogP contribution in [0.25, 0.3) is 0 Å². The lowest BCUT2D eigenvalue weighted by atomic mass is 10.1. The predicted molar refractivity (Wildman–Crippen MR) is 75.2 cm³/mol. The van der Waals surface area contributed by atoms with Crippen molar-refractivity contribution in [1.82, 2.24) is 0 Å². The minimum atomic E-state index is -0.988. The Bertz CT molecular complexity index is 545. The van der Waals surface area contributed by atoms with Crippen molar-refractivity contribution >= 4 is 17.6 Å². The van der Waals surface area contributed by atoms with Gasteiger partial charge in [0.1, 0.15) is 0 Å². The number of ether oxygens (including phenoxy) is 1. The molecule has 0 radical (unpaired) electrons. The first kappa shape index (κ1) is 14.5. The van der Waals surface area contributed by atoms with Gasteiger partial charge in [-0.05, 0) is 38.5 Å². The summed E-state index contributed by atoms with van der Waals surface area (Å²) in [6, 6.07) is 4.80. The van der Waals surface area contributed by atoms with E-state index in [2.05, 4.69) is 0 Å². The zero-order chi connectivity index (χ0) is 14.9. The standard InChI is InChI=1S/C15H19NO4/c1-15(2,3)20-7-6-16-12-8-11(14(18)19)5-4-10(12)9-13(16)17/h4-5,8H,6-7,9H2,1-3H3,(H,18,19). The number of amides is 1. The fourth-order valence-electron chi connectivity index (χ4n) is 2.18. The molecule has 2 rings (SSSR count). The van der Waals surface area contributed by atoms with Gasteiger partial charge >= 0.3 is 5.97 Å². The van der Waals surface area contributed by atoms with Crippen molar-refractivity contribution in [3.8, 4) is 0 Å². The Morgan fingerprint density at radius 2 is 2.10 bits per heavy atom. The molecule has 20 heavy (non-hydrogen) atoms. The average Bonchev–Trinajstić information content (AvgIpc) is 2.63. The van der Waals surface area contributed by atoms with Crippen molar-refractivity contribution in [2.45, 2.75) is 32.8 Å². The Labute approximate surface area is 118 Å². The summed E-state index contributed by atoms with van der Waals surface area (Å²) in [5.41, 5.74) is 1.50. The Balaban J connectivity index is 2.14. The average molecular weight is 277 g/mol. The van der Waals surface area contributed by atoms with E-state index >= 15 is 0 Å². The first-order chi connectivity index (χ1) is 9.28. The topological polar surface area (TPSA) is 66.8 Å². The molecule has 0 saturated heterocycles. The molecule has 1 heterocycles. The highest BCUT2D eigenvalue weighted by molar-refractivity contribution is 6.03. The fraction of sp³-hybridized carbons (Fsp3) is 0.467. The van der Waals surface area contributed by atoms with Crippen LogP contribution in [0.2, 0.25) is 0 Å². The summed E-state index contributed by atoms with van der Waals surface area (Å²) in [6.45, 7) is 6.72. The second-order valence-corrected chi connectivity index (χ2v) is 5.83. The maximum Gasteiger partial charge on any atom is 0.335 e. The van der Waals surface area contributed by atoms with Crippen LogP contribution >= 0.6 is 0 Å². The van der Waals surface area contributed by atoms with Crippen molar-refractivity contribution < 1.29 is 19.4 Å². The normalized spacial score (nSPS) is 14.6. The lowest BCUT2D eigenvalue weighted by molar-refractivity contribution is -0.117. The van der Waals surface area contributed by atoms with Gasteiger partial charge in [-0.25, -0.2) is 4.79 Å². The van der Waals surface area contributed by atoms with E-state index in [4.69, 9.17) is 9.84 Å². The van der Waals surface area contributed by atoms with Gasteiger partial charge in [-0.3, -0.25) is 4.79 Å². The summed E-state index contributed by atoms with van der Waals surface area (Å²) in [7, 11) is 0. The smallest absolute Gasteiger partial charge is 0.335 e. The van der Waals surface area contributed by atoms with Crippen LogP contribution in [-0.2, 0) is 16.0 Å². The molecule has 1 aliphatic heterocycles. The SMILES string of the molecule is CC(C)(C)OCCN1C(=O)Cc2ccc(C(=O)O)cc21. The van der Waals surface area contributed by atoms with Crippen LogP contribution in [0.5, 0.6) is 0 Å². The number of rotatable bonds is 4. The minimum Gasteiger partial charge on any atom is -0.478 e. The van der Waals surface area contributed by atoms with Crippen molar-refractivity contribution in [3.05, 3.63) is 29.3 Å². The van der Waals surface area contributed by atoms with Gasteiger partial charge in [-0.2, -0.15) is 0 Å². The summed E-state index contributed by atoms with van der Waals surface area (Å²) in [5, 5.41) is 9.02. The maximum absolute atomic E-state index is 12.0. The van der Waals surface area contributed by atoms with Crippen LogP contribution in [0.3, 0.4) is 0 Å². The molecule has 1 N–H and O–H groups in total. The number of hydrogen-bond donors (Lipinski definition) is 1. The number of fused-ring (bicyclic) bond motifs is 1. The number of carbonyl (C=O) groups is 2. The highest BCUT2D eigenvalue weighted by atomic mass is 16.5. The summed E-state index contributed by atoms with van der Waals surface area (Å²) < 4.78 is 5.62. The molecule has 0 bridgehead atoms. The molecule has 0 aliphatic carbocycles. The lowest BCUT2D eigenvalue weighted by Crippen LogP contribution is -2.33. The van der Waals surface area contributed by atoms with Crippen LogP contribution in [0.1, 0.15) is 36.7 Å². The molecule has 0 spiro atoms. The molecule has 0 fully saturated rings. The molecule has 1 aliphatic rings. The number of carboxylic acid groups (broad SMARTS) is 1. The van der Waals surface area contributed by atoms with Gasteiger partial charge in [0.2, 0.25) is 5.91 Å². The molecule has 0 unspecified atom stereocenters. The second-order valence-electron chi connectivity index (χ2n) is 5.83. The van der Waals surface area contributed by atoms with Gasteiger partial charge in [-0.1, -0.05) is 6.07 Å². The van der Waals surface area contributed by atoms with E-state index < -0.39 is 5.97 Å². The van der Waals surface area contributed by atoms with E-state index in [9.17, 15) is 9.59 Å². The number of aromatic carboxylic acids is 1. The van der Waals surface area contributed by atoms with E-state index in [1.165, 1.54) is 6.07 Å². The highest BCUT2D eigenvalue weighted by Gasteiger charge is 2.28. The fourth-order valence-corrected chi connectivity index (χ4v) is 2.18. The minimum absolute atomic E-state index is 0.0138. The maximum atomic E-state index is 12.0. The largest absolute Gasteiger partial charge is 0.478 e. The Hall–Kier alpha value is -1.88. The number of hydrogen-bond acceptors (Lipinski definition) is 3. The monoisotopic (exact) mass is 277 g/mol. The summed E-state index contributed by atoms with van der Waals surface area (Å²) >= 11 is 0. The summed E-state index contributed by atoms with van der Waals surface area (Å²) in [4.78, 5) is 24.6. The van der Waals surface area contributed by atoms with Crippen LogP contribution in [-0.4, -0.2) is 35.7 Å². The third-order valence-electron chi connectivity index (χ3n) is 3.12. The molecule has 1 amide bonds. The molecular weight excluding hydrogens is 258 g/mol. The Morgan fingerprint density at radius 1 is 1.40 bits per heavy atom. The molecular formula is C15H19NO4. The predicted octanol–water partition coefficient (Wildman–Crippen LogP) is 2.09. The van der Waals surface area contributed by atoms with E-state index in [1.807, 2.05) is 20.8 Å². The summed E-state index contributed by atoms with van der Waals surface area (Å²) in [5.74, 6) is -1.00. The lowest BCUT2D eigenvalue weighted by Gasteiger charge is -2.23. The molecule has 5 nitrogen and oxygen atoms in total. The molecule has 108 valence electrons. The van der Waals surface area contributed by atoms with Crippen LogP contribution in [0, 0.1) is 0 Å². The molecule has 1 aromatic rings. The van der Waals surface area contributed by atoms with E-state index in [-0.39, 0.29) is 17.1 Å². The Kier molecular flexibility index (Phi) is 3.81. The van der Waals surface area contributed by atoms with Crippen molar-refractivity contribution in [2.24, 2.45) is 0 Å². The van der Waals surface area contributed by atoms with E-state index in [0.29, 0.717) is 25.3 Å². The number of anilines is 1. The van der Waals surface area contributed by atoms with Gasteiger partial charge in [0, 0.05) is 12.2 Å². The molecule has 0 saturated carbocycles. The third-order valence-corrected chi connectivity index (χ3v) is 3.12. The zero-order valence-electron chi connectivity index (χ0n) is 12.0. The van der Waals surface area contributed by atoms with Gasteiger partial charge in [0.05, 0.1) is 24.2 Å². The van der Waals surface area contributed by atoms with E-state index in [1.54, 1.807) is 17.0 Å². The molecule has 0 atom stereocenters. The number of benzene rings is 1. The van der Waals surface area contributed by atoms with Gasteiger partial charge in [0.15, 0.2) is 0 Å². The van der Waals surface area contributed by atoms with Crippen molar-refractivity contribution in [3.63, 3.8) is 0 Å². The van der Waals surface area contributed by atoms with Gasteiger partial charge in [0.25, 0.3) is 0 Å². The van der Waals surface area contributed by atoms with Crippen molar-refractivity contribution in [2.75, 3.05) is 18.1 Å². The number of nitrogens with zero attached hydrogens (tertiary/aromatic N) is 1.